The number of alkyl halides is 3. The zero-order valence-corrected chi connectivity index (χ0v) is 16.2. The molecule has 0 aliphatic rings. The van der Waals surface area contributed by atoms with Crippen molar-refractivity contribution in [1.82, 2.24) is 15.7 Å². The lowest BCUT2D eigenvalue weighted by molar-refractivity contribution is -0.137. The molecule has 4 aromatic rings. The van der Waals surface area contributed by atoms with Gasteiger partial charge in [-0.05, 0) is 59.7 Å². The first kappa shape index (κ1) is 21.1. The predicted octanol–water partition coefficient (Wildman–Crippen LogP) is 4.62. The lowest BCUT2D eigenvalue weighted by Gasteiger charge is -2.08. The molecule has 0 unspecified atom stereocenters. The summed E-state index contributed by atoms with van der Waals surface area (Å²) in [5, 5.41) is 18.8. The highest BCUT2D eigenvalue weighted by atomic mass is 19.4. The summed E-state index contributed by atoms with van der Waals surface area (Å²) < 4.78 is 38.3. The molecule has 10 heteroatoms. The number of hydrogen-bond donors (Lipinski definition) is 4. The number of nitrogens with one attached hydrogen (secondary N) is 3. The van der Waals surface area contributed by atoms with E-state index in [0.717, 1.165) is 12.1 Å². The Hall–Kier alpha value is -4.18. The lowest BCUT2D eigenvalue weighted by Crippen LogP contribution is -2.19. The van der Waals surface area contributed by atoms with E-state index in [1.54, 1.807) is 18.2 Å². The Morgan fingerprint density at radius 1 is 0.844 bits per heavy atom. The summed E-state index contributed by atoms with van der Waals surface area (Å²) in [4.78, 5) is 23.9. The number of aromatic amines is 1. The van der Waals surface area contributed by atoms with Gasteiger partial charge >= 0.3 is 6.18 Å². The molecule has 0 aliphatic carbocycles. The number of anilines is 1. The number of rotatable bonds is 4. The van der Waals surface area contributed by atoms with Crippen molar-refractivity contribution < 1.29 is 28.0 Å². The van der Waals surface area contributed by atoms with Gasteiger partial charge < -0.3 is 5.32 Å². The number of aromatic nitrogens is 2. The number of H-pyrrole nitrogens is 1. The van der Waals surface area contributed by atoms with Crippen molar-refractivity contribution in [2.75, 3.05) is 5.32 Å². The molecular weight excluding hydrogens is 425 g/mol. The number of hydrogen-bond acceptors (Lipinski definition) is 4. The van der Waals surface area contributed by atoms with Crippen LogP contribution in [-0.4, -0.2) is 27.2 Å². The topological polar surface area (TPSA) is 107 Å². The zero-order valence-electron chi connectivity index (χ0n) is 16.2. The van der Waals surface area contributed by atoms with E-state index in [1.807, 2.05) is 0 Å². The molecule has 1 aromatic heterocycles. The first-order valence-corrected chi connectivity index (χ1v) is 9.28. The Kier molecular flexibility index (Phi) is 5.37. The monoisotopic (exact) mass is 440 g/mol. The van der Waals surface area contributed by atoms with Crippen LogP contribution in [0, 0.1) is 0 Å². The summed E-state index contributed by atoms with van der Waals surface area (Å²) in [5.41, 5.74) is 3.13. The second-order valence-electron chi connectivity index (χ2n) is 6.88. The van der Waals surface area contributed by atoms with Crippen LogP contribution >= 0.6 is 0 Å². The Morgan fingerprint density at radius 2 is 1.44 bits per heavy atom. The third-order valence-corrected chi connectivity index (χ3v) is 4.85. The van der Waals surface area contributed by atoms with E-state index < -0.39 is 23.6 Å². The van der Waals surface area contributed by atoms with Gasteiger partial charge in [0.05, 0.1) is 11.1 Å². The first-order chi connectivity index (χ1) is 15.3. The highest BCUT2D eigenvalue weighted by molar-refractivity contribution is 6.08. The highest BCUT2D eigenvalue weighted by Crippen LogP contribution is 2.32. The molecule has 162 valence electrons. The maximum atomic E-state index is 12.8. The fourth-order valence-corrected chi connectivity index (χ4v) is 3.16. The van der Waals surface area contributed by atoms with E-state index >= 15 is 0 Å². The second kappa shape index (κ2) is 8.16. The van der Waals surface area contributed by atoms with Gasteiger partial charge in [0, 0.05) is 16.5 Å². The number of benzene rings is 3. The lowest BCUT2D eigenvalue weighted by atomic mass is 10.0. The Labute approximate surface area is 178 Å². The minimum absolute atomic E-state index is 0.185. The quantitative estimate of drug-likeness (QED) is 0.274. The van der Waals surface area contributed by atoms with Crippen LogP contribution in [0.15, 0.2) is 66.7 Å². The number of halogens is 3. The third-order valence-electron chi connectivity index (χ3n) is 4.85. The molecule has 2 amide bonds. The minimum atomic E-state index is -4.40. The van der Waals surface area contributed by atoms with Gasteiger partial charge in [0.2, 0.25) is 0 Å². The predicted molar refractivity (Wildman–Crippen MR) is 110 cm³/mol. The average Bonchev–Trinajstić information content (AvgIpc) is 3.20. The van der Waals surface area contributed by atoms with Gasteiger partial charge in [-0.2, -0.15) is 18.3 Å². The molecule has 0 atom stereocenters. The Balaban J connectivity index is 1.54. The van der Waals surface area contributed by atoms with Crippen molar-refractivity contribution in [3.8, 4) is 11.1 Å². The normalized spacial score (nSPS) is 11.4. The van der Waals surface area contributed by atoms with E-state index in [-0.39, 0.29) is 16.9 Å². The molecule has 32 heavy (non-hydrogen) atoms. The summed E-state index contributed by atoms with van der Waals surface area (Å²) in [6.45, 7) is 0. The smallest absolute Gasteiger partial charge is 0.305 e. The fourth-order valence-electron chi connectivity index (χ4n) is 3.16. The maximum absolute atomic E-state index is 12.8. The molecule has 0 radical (unpaired) electrons. The van der Waals surface area contributed by atoms with Crippen LogP contribution in [0.25, 0.3) is 22.0 Å². The van der Waals surface area contributed by atoms with Gasteiger partial charge in [-0.1, -0.05) is 18.2 Å². The SMILES string of the molecule is O=C(NO)c1ccc(C(=O)Nc2n[nH]c3cc(-c4ccc(C(F)(F)F)cc4)ccc23)cc1. The van der Waals surface area contributed by atoms with E-state index in [4.69, 9.17) is 5.21 Å². The van der Waals surface area contributed by atoms with Crippen LogP contribution in [0.2, 0.25) is 0 Å². The van der Waals surface area contributed by atoms with Gasteiger partial charge in [-0.15, -0.1) is 0 Å². The van der Waals surface area contributed by atoms with Crippen LogP contribution in [0.1, 0.15) is 26.3 Å². The van der Waals surface area contributed by atoms with Crippen molar-refractivity contribution in [2.24, 2.45) is 0 Å². The molecule has 0 saturated heterocycles. The van der Waals surface area contributed by atoms with E-state index in [2.05, 4.69) is 15.5 Å². The molecule has 3 aromatic carbocycles. The number of carbonyl (C=O) groups excluding carboxylic acids is 2. The van der Waals surface area contributed by atoms with Crippen LogP contribution in [-0.2, 0) is 6.18 Å². The molecule has 0 bridgehead atoms. The molecule has 0 saturated carbocycles. The molecule has 0 fully saturated rings. The standard InChI is InChI=1S/C22H15F3N4O3/c23-22(24,25)16-8-5-12(6-9-16)15-7-10-17-18(11-15)27-28-19(17)26-20(30)13-1-3-14(4-2-13)21(31)29-32/h1-11,32H,(H,29,31)(H2,26,27,28,30). The number of hydroxylamine groups is 1. The van der Waals surface area contributed by atoms with Gasteiger partial charge in [0.25, 0.3) is 11.8 Å². The molecule has 0 aliphatic heterocycles. The van der Waals surface area contributed by atoms with Gasteiger partial charge in [-0.3, -0.25) is 19.9 Å². The van der Waals surface area contributed by atoms with E-state index in [9.17, 15) is 22.8 Å². The summed E-state index contributed by atoms with van der Waals surface area (Å²) >= 11 is 0. The molecule has 4 N–H and O–H groups in total. The van der Waals surface area contributed by atoms with E-state index in [1.165, 1.54) is 41.9 Å². The average molecular weight is 440 g/mol. The molecular formula is C22H15F3N4O3. The Morgan fingerprint density at radius 3 is 2.03 bits per heavy atom. The molecule has 1 heterocycles. The van der Waals surface area contributed by atoms with Crippen LogP contribution in [0.3, 0.4) is 0 Å². The van der Waals surface area contributed by atoms with Gasteiger partial charge in [0.15, 0.2) is 5.82 Å². The van der Waals surface area contributed by atoms with Crippen molar-refractivity contribution in [2.45, 2.75) is 6.18 Å². The third kappa shape index (κ3) is 4.16. The zero-order chi connectivity index (χ0) is 22.9. The summed E-state index contributed by atoms with van der Waals surface area (Å²) in [6, 6.07) is 15.6. The van der Waals surface area contributed by atoms with Gasteiger partial charge in [0.1, 0.15) is 0 Å². The van der Waals surface area contributed by atoms with Crippen molar-refractivity contribution in [1.29, 1.82) is 0 Å². The number of nitrogens with zero attached hydrogens (tertiary/aromatic N) is 1. The van der Waals surface area contributed by atoms with Crippen LogP contribution < -0.4 is 10.8 Å². The number of carbonyl (C=O) groups is 2. The Bertz CT molecular complexity index is 1300. The fraction of sp³-hybridized carbons (Fsp3) is 0.0455. The minimum Gasteiger partial charge on any atom is -0.305 e. The summed E-state index contributed by atoms with van der Waals surface area (Å²) in [6.07, 6.45) is -4.40. The molecule has 4 rings (SSSR count). The van der Waals surface area contributed by atoms with Crippen molar-refractivity contribution in [3.05, 3.63) is 83.4 Å². The first-order valence-electron chi connectivity index (χ1n) is 9.28. The number of fused-ring (bicyclic) bond motifs is 1. The van der Waals surface area contributed by atoms with Crippen LogP contribution in [0.5, 0.6) is 0 Å². The maximum Gasteiger partial charge on any atom is 0.416 e. The summed E-state index contributed by atoms with van der Waals surface area (Å²) in [7, 11) is 0. The van der Waals surface area contributed by atoms with Gasteiger partial charge in [-0.25, -0.2) is 5.48 Å². The summed E-state index contributed by atoms with van der Waals surface area (Å²) in [5.74, 6) is -0.874. The molecule has 0 spiro atoms. The number of amides is 2. The van der Waals surface area contributed by atoms with Crippen molar-refractivity contribution >= 4 is 28.5 Å². The second-order valence-corrected chi connectivity index (χ2v) is 6.88. The van der Waals surface area contributed by atoms with Crippen LogP contribution in [0.4, 0.5) is 19.0 Å². The largest absolute Gasteiger partial charge is 0.416 e. The van der Waals surface area contributed by atoms with Crippen molar-refractivity contribution in [3.63, 3.8) is 0 Å². The highest BCUT2D eigenvalue weighted by Gasteiger charge is 2.30. The molecule has 7 nitrogen and oxygen atoms in total. The van der Waals surface area contributed by atoms with E-state index in [0.29, 0.717) is 22.0 Å².